The molecule has 0 saturated carbocycles. The zero-order valence-electron chi connectivity index (χ0n) is 15.8. The van der Waals surface area contributed by atoms with Crippen molar-refractivity contribution in [3.05, 3.63) is 84.2 Å². The van der Waals surface area contributed by atoms with Gasteiger partial charge in [0.05, 0.1) is 0 Å². The molecule has 2 amide bonds. The van der Waals surface area contributed by atoms with Gasteiger partial charge in [0.25, 0.3) is 5.91 Å². The minimum atomic E-state index is -0.323. The highest BCUT2D eigenvalue weighted by molar-refractivity contribution is 6.03. The molecule has 3 N–H and O–H groups in total. The number of rotatable bonds is 6. The smallest absolute Gasteiger partial charge is 0.274 e. The number of carbonyl (C=O) groups excluding carboxylic acids is 2. The Labute approximate surface area is 164 Å². The highest BCUT2D eigenvalue weighted by Crippen LogP contribution is 2.20. The van der Waals surface area contributed by atoms with Crippen molar-refractivity contribution in [1.82, 2.24) is 4.98 Å². The third-order valence-electron chi connectivity index (χ3n) is 4.12. The molecular formula is C22H22N4O2. The Kier molecular flexibility index (Phi) is 6.01. The number of nitrogens with one attached hydrogen (secondary N) is 3. The van der Waals surface area contributed by atoms with Crippen molar-refractivity contribution in [3.63, 3.8) is 0 Å². The first kappa shape index (κ1) is 19.1. The topological polar surface area (TPSA) is 83.1 Å². The zero-order chi connectivity index (χ0) is 19.9. The van der Waals surface area contributed by atoms with Crippen LogP contribution in [0.5, 0.6) is 0 Å². The Hall–Kier alpha value is -3.67. The maximum Gasteiger partial charge on any atom is 0.274 e. The van der Waals surface area contributed by atoms with E-state index in [0.29, 0.717) is 17.1 Å². The molecule has 142 valence electrons. The largest absolute Gasteiger partial charge is 0.378 e. The number of hydrogen-bond donors (Lipinski definition) is 3. The van der Waals surface area contributed by atoms with E-state index in [4.69, 9.17) is 0 Å². The molecule has 2 aromatic carbocycles. The molecule has 0 radical (unpaired) electrons. The lowest BCUT2D eigenvalue weighted by atomic mass is 10.1. The second kappa shape index (κ2) is 8.81. The van der Waals surface area contributed by atoms with E-state index in [9.17, 15) is 9.59 Å². The van der Waals surface area contributed by atoms with Gasteiger partial charge >= 0.3 is 0 Å². The molecule has 1 unspecified atom stereocenters. The molecule has 0 bridgehead atoms. The van der Waals surface area contributed by atoms with Crippen LogP contribution in [0.1, 0.15) is 35.9 Å². The lowest BCUT2D eigenvalue weighted by Gasteiger charge is -2.16. The summed E-state index contributed by atoms with van der Waals surface area (Å²) in [5.74, 6) is -0.493. The summed E-state index contributed by atoms with van der Waals surface area (Å²) in [5.41, 5.74) is 3.46. The van der Waals surface area contributed by atoms with Crippen LogP contribution >= 0.6 is 0 Å². The number of nitrogens with zero attached hydrogens (tertiary/aromatic N) is 1. The summed E-state index contributed by atoms with van der Waals surface area (Å²) >= 11 is 0. The van der Waals surface area contributed by atoms with Crippen molar-refractivity contribution in [2.45, 2.75) is 19.9 Å². The third-order valence-corrected chi connectivity index (χ3v) is 4.12. The SMILES string of the molecule is CC(=O)Nc1cccc(NC(=O)c2cc(NC(C)c3ccccc3)ccn2)c1. The van der Waals surface area contributed by atoms with Gasteiger partial charge in [-0.25, -0.2) is 0 Å². The van der Waals surface area contributed by atoms with Crippen molar-refractivity contribution < 1.29 is 9.59 Å². The fourth-order valence-electron chi connectivity index (χ4n) is 2.79. The van der Waals surface area contributed by atoms with Gasteiger partial charge in [0, 0.05) is 36.2 Å². The van der Waals surface area contributed by atoms with Crippen LogP contribution in [0.3, 0.4) is 0 Å². The van der Waals surface area contributed by atoms with E-state index in [2.05, 4.69) is 40.0 Å². The first-order valence-corrected chi connectivity index (χ1v) is 8.98. The van der Waals surface area contributed by atoms with Crippen LogP contribution in [0.25, 0.3) is 0 Å². The van der Waals surface area contributed by atoms with Gasteiger partial charge in [-0.1, -0.05) is 36.4 Å². The van der Waals surface area contributed by atoms with Gasteiger partial charge in [-0.2, -0.15) is 0 Å². The highest BCUT2D eigenvalue weighted by Gasteiger charge is 2.11. The van der Waals surface area contributed by atoms with Crippen molar-refractivity contribution in [3.8, 4) is 0 Å². The van der Waals surface area contributed by atoms with Crippen LogP contribution in [0.15, 0.2) is 72.9 Å². The fraction of sp³-hybridized carbons (Fsp3) is 0.136. The molecule has 0 aliphatic carbocycles. The number of carbonyl (C=O) groups is 2. The van der Waals surface area contributed by atoms with Crippen LogP contribution < -0.4 is 16.0 Å². The van der Waals surface area contributed by atoms with Crippen LogP contribution in [0.4, 0.5) is 17.1 Å². The molecule has 0 aliphatic rings. The van der Waals surface area contributed by atoms with Crippen LogP contribution in [-0.4, -0.2) is 16.8 Å². The first-order valence-electron chi connectivity index (χ1n) is 8.98. The number of benzene rings is 2. The molecule has 0 spiro atoms. The van der Waals surface area contributed by atoms with E-state index >= 15 is 0 Å². The normalized spacial score (nSPS) is 11.4. The minimum absolute atomic E-state index is 0.0915. The standard InChI is InChI=1S/C22H22N4O2/c1-15(17-7-4-3-5-8-17)24-20-11-12-23-21(14-20)22(28)26-19-10-6-9-18(13-19)25-16(2)27/h3-15H,1-2H3,(H,23,24)(H,25,27)(H,26,28). The molecular weight excluding hydrogens is 352 g/mol. The number of anilines is 3. The molecule has 0 saturated heterocycles. The summed E-state index contributed by atoms with van der Waals surface area (Å²) in [5, 5.41) is 8.87. The van der Waals surface area contributed by atoms with E-state index in [-0.39, 0.29) is 17.9 Å². The lowest BCUT2D eigenvalue weighted by molar-refractivity contribution is -0.114. The van der Waals surface area contributed by atoms with Crippen LogP contribution in [0.2, 0.25) is 0 Å². The number of hydrogen-bond acceptors (Lipinski definition) is 4. The van der Waals surface area contributed by atoms with Gasteiger partial charge in [-0.05, 0) is 42.8 Å². The predicted molar refractivity (Wildman–Crippen MR) is 111 cm³/mol. The summed E-state index contributed by atoms with van der Waals surface area (Å²) in [6.45, 7) is 3.49. The van der Waals surface area contributed by atoms with Gasteiger partial charge < -0.3 is 16.0 Å². The minimum Gasteiger partial charge on any atom is -0.378 e. The second-order valence-corrected chi connectivity index (χ2v) is 6.42. The zero-order valence-corrected chi connectivity index (χ0v) is 15.8. The van der Waals surface area contributed by atoms with Gasteiger partial charge in [0.15, 0.2) is 0 Å². The van der Waals surface area contributed by atoms with Crippen molar-refractivity contribution in [1.29, 1.82) is 0 Å². The quantitative estimate of drug-likeness (QED) is 0.595. The first-order chi connectivity index (χ1) is 13.5. The molecule has 3 aromatic rings. The van der Waals surface area contributed by atoms with Crippen molar-refractivity contribution in [2.75, 3.05) is 16.0 Å². The number of amides is 2. The van der Waals surface area contributed by atoms with Gasteiger partial charge in [0.1, 0.15) is 5.69 Å². The molecule has 3 rings (SSSR count). The summed E-state index contributed by atoms with van der Waals surface area (Å²) < 4.78 is 0. The third kappa shape index (κ3) is 5.17. The summed E-state index contributed by atoms with van der Waals surface area (Å²) in [4.78, 5) is 27.9. The molecule has 0 fully saturated rings. The molecule has 6 nitrogen and oxygen atoms in total. The van der Waals surface area contributed by atoms with Crippen LogP contribution in [-0.2, 0) is 4.79 Å². The lowest BCUT2D eigenvalue weighted by Crippen LogP contribution is -2.15. The molecule has 1 atom stereocenters. The second-order valence-electron chi connectivity index (χ2n) is 6.42. The van der Waals surface area contributed by atoms with Gasteiger partial charge in [-0.15, -0.1) is 0 Å². The Bertz CT molecular complexity index is 973. The maximum atomic E-state index is 12.6. The average Bonchev–Trinajstić information content (AvgIpc) is 2.68. The Balaban J connectivity index is 1.69. The summed E-state index contributed by atoms with van der Waals surface area (Å²) in [6.07, 6.45) is 1.60. The fourth-order valence-corrected chi connectivity index (χ4v) is 2.79. The average molecular weight is 374 g/mol. The predicted octanol–water partition coefficient (Wildman–Crippen LogP) is 4.47. The van der Waals surface area contributed by atoms with E-state index in [1.807, 2.05) is 24.3 Å². The summed E-state index contributed by atoms with van der Waals surface area (Å²) in [6, 6.07) is 20.7. The Morgan fingerprint density at radius 2 is 1.57 bits per heavy atom. The van der Waals surface area contributed by atoms with Gasteiger partial charge in [0.2, 0.25) is 5.91 Å². The maximum absolute atomic E-state index is 12.6. The molecule has 1 aromatic heterocycles. The number of aromatic nitrogens is 1. The van der Waals surface area contributed by atoms with E-state index in [1.54, 1.807) is 36.5 Å². The van der Waals surface area contributed by atoms with E-state index in [1.165, 1.54) is 6.92 Å². The molecule has 1 heterocycles. The van der Waals surface area contributed by atoms with E-state index in [0.717, 1.165) is 11.3 Å². The van der Waals surface area contributed by atoms with Gasteiger partial charge in [-0.3, -0.25) is 14.6 Å². The summed E-state index contributed by atoms with van der Waals surface area (Å²) in [7, 11) is 0. The molecule has 6 heteroatoms. The van der Waals surface area contributed by atoms with Crippen LogP contribution in [0, 0.1) is 0 Å². The van der Waals surface area contributed by atoms with Crippen molar-refractivity contribution in [2.24, 2.45) is 0 Å². The Morgan fingerprint density at radius 3 is 2.29 bits per heavy atom. The Morgan fingerprint density at radius 1 is 0.857 bits per heavy atom. The molecule has 28 heavy (non-hydrogen) atoms. The van der Waals surface area contributed by atoms with Crippen molar-refractivity contribution >= 4 is 28.9 Å². The molecule has 0 aliphatic heterocycles. The highest BCUT2D eigenvalue weighted by atomic mass is 16.2. The monoisotopic (exact) mass is 374 g/mol. The van der Waals surface area contributed by atoms with E-state index < -0.39 is 0 Å². The number of pyridine rings is 1.